The van der Waals surface area contributed by atoms with Gasteiger partial charge >= 0.3 is 7.12 Å². The van der Waals surface area contributed by atoms with Gasteiger partial charge in [-0.3, -0.25) is 4.90 Å². The standard InChI is InChI=1S/C13H21BFNO2/c1-3-5-8-16(4-2)10-11-6-7-12(14(17)18)9-13(11)15/h6-7,9,17-18H,3-5,8,10H2,1-2H3. The second-order valence-corrected chi connectivity index (χ2v) is 4.45. The van der Waals surface area contributed by atoms with Crippen molar-refractivity contribution in [1.82, 2.24) is 4.90 Å². The summed E-state index contributed by atoms with van der Waals surface area (Å²) in [6.07, 6.45) is 2.22. The third-order valence-corrected chi connectivity index (χ3v) is 3.04. The van der Waals surface area contributed by atoms with Gasteiger partial charge in [0.25, 0.3) is 0 Å². The lowest BCUT2D eigenvalue weighted by Gasteiger charge is -2.20. The van der Waals surface area contributed by atoms with Crippen LogP contribution in [0.4, 0.5) is 4.39 Å². The summed E-state index contributed by atoms with van der Waals surface area (Å²) in [6.45, 7) is 6.58. The Bertz CT molecular complexity index is 374. The van der Waals surface area contributed by atoms with Gasteiger partial charge in [0.05, 0.1) is 0 Å². The Balaban J connectivity index is 2.71. The lowest BCUT2D eigenvalue weighted by molar-refractivity contribution is 0.271. The van der Waals surface area contributed by atoms with E-state index in [9.17, 15) is 4.39 Å². The van der Waals surface area contributed by atoms with Gasteiger partial charge in [0.1, 0.15) is 5.82 Å². The van der Waals surface area contributed by atoms with Crippen molar-refractivity contribution in [2.24, 2.45) is 0 Å². The number of benzene rings is 1. The Morgan fingerprint density at radius 2 is 2.00 bits per heavy atom. The lowest BCUT2D eigenvalue weighted by Crippen LogP contribution is -2.31. The molecule has 0 aliphatic heterocycles. The zero-order chi connectivity index (χ0) is 13.5. The molecule has 18 heavy (non-hydrogen) atoms. The van der Waals surface area contributed by atoms with Crippen molar-refractivity contribution < 1.29 is 14.4 Å². The van der Waals surface area contributed by atoms with E-state index in [0.29, 0.717) is 12.1 Å². The van der Waals surface area contributed by atoms with Gasteiger partial charge in [0.15, 0.2) is 0 Å². The molecule has 0 heterocycles. The van der Waals surface area contributed by atoms with Gasteiger partial charge in [-0.1, -0.05) is 32.4 Å². The molecule has 0 aromatic heterocycles. The zero-order valence-electron chi connectivity index (χ0n) is 11.1. The Morgan fingerprint density at radius 3 is 2.50 bits per heavy atom. The first kappa shape index (κ1) is 15.2. The van der Waals surface area contributed by atoms with Crippen molar-refractivity contribution in [3.05, 3.63) is 29.6 Å². The van der Waals surface area contributed by atoms with Gasteiger partial charge < -0.3 is 10.0 Å². The summed E-state index contributed by atoms with van der Waals surface area (Å²) in [6, 6.07) is 4.36. The number of rotatable bonds is 7. The van der Waals surface area contributed by atoms with Crippen molar-refractivity contribution in [1.29, 1.82) is 0 Å². The fourth-order valence-electron chi connectivity index (χ4n) is 1.82. The monoisotopic (exact) mass is 253 g/mol. The topological polar surface area (TPSA) is 43.7 Å². The van der Waals surface area contributed by atoms with Crippen molar-refractivity contribution in [2.45, 2.75) is 33.2 Å². The molecule has 1 aromatic rings. The van der Waals surface area contributed by atoms with Crippen LogP contribution in [-0.4, -0.2) is 35.2 Å². The average molecular weight is 253 g/mol. The molecule has 0 fully saturated rings. The van der Waals surface area contributed by atoms with Crippen LogP contribution >= 0.6 is 0 Å². The summed E-state index contributed by atoms with van der Waals surface area (Å²) in [7, 11) is -1.61. The molecule has 5 heteroatoms. The minimum atomic E-state index is -1.61. The largest absolute Gasteiger partial charge is 0.488 e. The van der Waals surface area contributed by atoms with Crippen molar-refractivity contribution >= 4 is 12.6 Å². The van der Waals surface area contributed by atoms with E-state index >= 15 is 0 Å². The maximum absolute atomic E-state index is 13.8. The number of unbranched alkanes of at least 4 members (excludes halogenated alkanes) is 1. The molecular weight excluding hydrogens is 232 g/mol. The molecule has 0 atom stereocenters. The van der Waals surface area contributed by atoms with Gasteiger partial charge in [0, 0.05) is 12.1 Å². The lowest BCUT2D eigenvalue weighted by atomic mass is 9.80. The number of hydrogen-bond acceptors (Lipinski definition) is 3. The van der Waals surface area contributed by atoms with E-state index in [0.717, 1.165) is 25.9 Å². The van der Waals surface area contributed by atoms with E-state index < -0.39 is 7.12 Å². The highest BCUT2D eigenvalue weighted by Gasteiger charge is 2.14. The van der Waals surface area contributed by atoms with Crippen molar-refractivity contribution in [3.8, 4) is 0 Å². The van der Waals surface area contributed by atoms with Crippen LogP contribution in [0.5, 0.6) is 0 Å². The maximum Gasteiger partial charge on any atom is 0.488 e. The molecule has 1 aromatic carbocycles. The average Bonchev–Trinajstić information content (AvgIpc) is 2.35. The number of halogens is 1. The van der Waals surface area contributed by atoms with Crippen LogP contribution < -0.4 is 5.46 Å². The van der Waals surface area contributed by atoms with E-state index in [1.807, 2.05) is 0 Å². The molecule has 0 bridgehead atoms. The van der Waals surface area contributed by atoms with Crippen LogP contribution in [0.25, 0.3) is 0 Å². The Kier molecular flexibility index (Phi) is 6.32. The van der Waals surface area contributed by atoms with Crippen LogP contribution in [0.15, 0.2) is 18.2 Å². The second kappa shape index (κ2) is 7.51. The predicted octanol–water partition coefficient (Wildman–Crippen LogP) is 1.13. The van der Waals surface area contributed by atoms with Gasteiger partial charge in [0.2, 0.25) is 0 Å². The third kappa shape index (κ3) is 4.40. The molecule has 0 aliphatic carbocycles. The summed E-state index contributed by atoms with van der Waals surface area (Å²) < 4.78 is 13.8. The highest BCUT2D eigenvalue weighted by atomic mass is 19.1. The van der Waals surface area contributed by atoms with E-state index in [-0.39, 0.29) is 11.3 Å². The van der Waals surface area contributed by atoms with E-state index in [2.05, 4.69) is 18.7 Å². The van der Waals surface area contributed by atoms with E-state index in [1.54, 1.807) is 12.1 Å². The Morgan fingerprint density at radius 1 is 1.28 bits per heavy atom. The maximum atomic E-state index is 13.8. The summed E-state index contributed by atoms with van der Waals surface area (Å²) in [5, 5.41) is 17.9. The van der Waals surface area contributed by atoms with Gasteiger partial charge in [-0.05, 0) is 31.0 Å². The fourth-order valence-corrected chi connectivity index (χ4v) is 1.82. The molecule has 0 unspecified atom stereocenters. The first-order valence-electron chi connectivity index (χ1n) is 6.45. The molecule has 0 spiro atoms. The molecule has 2 N–H and O–H groups in total. The van der Waals surface area contributed by atoms with Gasteiger partial charge in [-0.15, -0.1) is 0 Å². The SMILES string of the molecule is CCCCN(CC)Cc1ccc(B(O)O)cc1F. The molecule has 0 radical (unpaired) electrons. The summed E-state index contributed by atoms with van der Waals surface area (Å²) >= 11 is 0. The minimum Gasteiger partial charge on any atom is -0.423 e. The molecule has 0 saturated heterocycles. The van der Waals surface area contributed by atoms with Gasteiger partial charge in [-0.25, -0.2) is 4.39 Å². The van der Waals surface area contributed by atoms with Crippen LogP contribution in [0.1, 0.15) is 32.3 Å². The molecule has 1 rings (SSSR count). The van der Waals surface area contributed by atoms with Crippen molar-refractivity contribution in [3.63, 3.8) is 0 Å². The second-order valence-electron chi connectivity index (χ2n) is 4.45. The minimum absolute atomic E-state index is 0.188. The third-order valence-electron chi connectivity index (χ3n) is 3.04. The highest BCUT2D eigenvalue weighted by molar-refractivity contribution is 6.58. The van der Waals surface area contributed by atoms with Crippen molar-refractivity contribution in [2.75, 3.05) is 13.1 Å². The number of hydrogen-bond donors (Lipinski definition) is 2. The molecule has 0 saturated carbocycles. The summed E-state index contributed by atoms with van der Waals surface area (Å²) in [5.74, 6) is -0.379. The van der Waals surface area contributed by atoms with E-state index in [4.69, 9.17) is 10.0 Å². The first-order valence-corrected chi connectivity index (χ1v) is 6.45. The fraction of sp³-hybridized carbons (Fsp3) is 0.538. The van der Waals surface area contributed by atoms with E-state index in [1.165, 1.54) is 6.07 Å². The van der Waals surface area contributed by atoms with Crippen LogP contribution in [0.3, 0.4) is 0 Å². The van der Waals surface area contributed by atoms with Crippen LogP contribution in [-0.2, 0) is 6.54 Å². The molecule has 0 aliphatic rings. The molecular formula is C13H21BFNO2. The van der Waals surface area contributed by atoms with Crippen LogP contribution in [0, 0.1) is 5.82 Å². The quantitative estimate of drug-likeness (QED) is 0.716. The molecule has 3 nitrogen and oxygen atoms in total. The summed E-state index contributed by atoms with van der Waals surface area (Å²) in [4.78, 5) is 2.18. The highest BCUT2D eigenvalue weighted by Crippen LogP contribution is 2.10. The van der Waals surface area contributed by atoms with Crippen LogP contribution in [0.2, 0.25) is 0 Å². The van der Waals surface area contributed by atoms with Gasteiger partial charge in [-0.2, -0.15) is 0 Å². The summed E-state index contributed by atoms with van der Waals surface area (Å²) in [5.41, 5.74) is 0.783. The first-order chi connectivity index (χ1) is 8.58. The predicted molar refractivity (Wildman–Crippen MR) is 72.1 cm³/mol. The molecule has 100 valence electrons. The Labute approximate surface area is 108 Å². The normalized spacial score (nSPS) is 11.0. The zero-order valence-corrected chi connectivity index (χ0v) is 11.1. The number of nitrogens with zero attached hydrogens (tertiary/aromatic N) is 1. The smallest absolute Gasteiger partial charge is 0.423 e. The molecule has 0 amide bonds. The Hall–Kier alpha value is -0.905.